The molecule has 122 valence electrons. The summed E-state index contributed by atoms with van der Waals surface area (Å²) < 4.78 is 103. The van der Waals surface area contributed by atoms with Gasteiger partial charge in [-0.3, -0.25) is 0 Å². The van der Waals surface area contributed by atoms with Gasteiger partial charge in [-0.15, -0.1) is 5.26 Å². The Labute approximate surface area is 121 Å². The van der Waals surface area contributed by atoms with Crippen LogP contribution in [0.5, 0.6) is 0 Å². The smallest absolute Gasteiger partial charge is 0.302 e. The Hall–Kier alpha value is -1.96. The molecule has 11 heteroatoms. The van der Waals surface area contributed by atoms with Gasteiger partial charge in [-0.25, -0.2) is 0 Å². The van der Waals surface area contributed by atoms with Gasteiger partial charge < -0.3 is 4.18 Å². The molecule has 22 heavy (non-hydrogen) atoms. The topological polar surface area (TPSA) is 67.2 Å². The third kappa shape index (κ3) is 4.27. The van der Waals surface area contributed by atoms with Gasteiger partial charge >= 0.3 is 28.7 Å². The molecule has 0 fully saturated rings. The lowest BCUT2D eigenvalue weighted by Gasteiger charge is -2.18. The normalized spacial score (nSPS) is 12.8. The van der Waals surface area contributed by atoms with Crippen molar-refractivity contribution in [2.45, 2.75) is 25.0 Å². The summed E-state index contributed by atoms with van der Waals surface area (Å²) in [7, 11) is -4.68. The second-order valence-corrected chi connectivity index (χ2v) is 5.76. The number of hydrogen-bond donors (Lipinski definition) is 0. The van der Waals surface area contributed by atoms with Crippen LogP contribution in [0.1, 0.15) is 22.3 Å². The van der Waals surface area contributed by atoms with Crippen molar-refractivity contribution in [3.8, 4) is 6.26 Å². The quantitative estimate of drug-likeness (QED) is 0.478. The first kappa shape index (κ1) is 18.1. The molecule has 0 unspecified atom stereocenters. The van der Waals surface area contributed by atoms with Gasteiger partial charge in [0.1, 0.15) is 5.75 Å². The van der Waals surface area contributed by atoms with E-state index in [-0.39, 0.29) is 6.07 Å². The van der Waals surface area contributed by atoms with Gasteiger partial charge in [-0.1, -0.05) is 0 Å². The highest BCUT2D eigenvalue weighted by Gasteiger charge is 2.40. The second kappa shape index (κ2) is 5.68. The van der Waals surface area contributed by atoms with Crippen LogP contribution in [0.4, 0.5) is 26.3 Å². The SMILES string of the molecule is Cc1cc(C(F)(F)F)cc(C(F)(F)F)c1CS(=O)(=O)OC#N. The van der Waals surface area contributed by atoms with Crippen LogP contribution in [0.15, 0.2) is 12.1 Å². The van der Waals surface area contributed by atoms with Crippen molar-refractivity contribution in [2.24, 2.45) is 0 Å². The number of nitriles is 1. The summed E-state index contributed by atoms with van der Waals surface area (Å²) in [5, 5.41) is 8.11. The molecule has 0 saturated heterocycles. The van der Waals surface area contributed by atoms with Crippen molar-refractivity contribution >= 4 is 10.1 Å². The molecular weight excluding hydrogens is 340 g/mol. The Kier molecular flexibility index (Phi) is 4.67. The summed E-state index contributed by atoms with van der Waals surface area (Å²) in [6.07, 6.45) is -9.44. The number of rotatable bonds is 3. The van der Waals surface area contributed by atoms with Crippen LogP contribution in [-0.4, -0.2) is 8.42 Å². The predicted octanol–water partition coefficient (Wildman–Crippen LogP) is 3.36. The highest BCUT2D eigenvalue weighted by atomic mass is 32.2. The number of hydrogen-bond acceptors (Lipinski definition) is 4. The molecule has 1 aromatic carbocycles. The van der Waals surface area contributed by atoms with Gasteiger partial charge in [-0.05, 0) is 30.2 Å². The summed E-state index contributed by atoms with van der Waals surface area (Å²) in [6.45, 7) is 0.904. The number of halogens is 6. The Morgan fingerprint density at radius 3 is 2.09 bits per heavy atom. The van der Waals surface area contributed by atoms with Crippen LogP contribution in [0.25, 0.3) is 0 Å². The molecule has 0 radical (unpaired) electrons. The van der Waals surface area contributed by atoms with Crippen molar-refractivity contribution in [1.82, 2.24) is 0 Å². The second-order valence-electron chi connectivity index (χ2n) is 4.19. The third-order valence-electron chi connectivity index (χ3n) is 2.59. The Morgan fingerprint density at radius 1 is 1.14 bits per heavy atom. The first-order valence-corrected chi connectivity index (χ1v) is 6.94. The molecule has 0 atom stereocenters. The zero-order chi connectivity index (χ0) is 17.3. The van der Waals surface area contributed by atoms with Gasteiger partial charge in [-0.2, -0.15) is 34.8 Å². The Balaban J connectivity index is 3.55. The van der Waals surface area contributed by atoms with Gasteiger partial charge in [0.25, 0.3) is 0 Å². The molecule has 0 aliphatic carbocycles. The highest BCUT2D eigenvalue weighted by Crippen LogP contribution is 2.39. The molecule has 0 bridgehead atoms. The fourth-order valence-electron chi connectivity index (χ4n) is 1.69. The molecule has 0 N–H and O–H groups in total. The predicted molar refractivity (Wildman–Crippen MR) is 60.5 cm³/mol. The van der Waals surface area contributed by atoms with Crippen LogP contribution in [-0.2, 0) is 32.4 Å². The number of alkyl halides is 6. The first-order chi connectivity index (χ1) is 9.78. The molecule has 1 rings (SSSR count). The number of aryl methyl sites for hydroxylation is 1. The van der Waals surface area contributed by atoms with E-state index in [2.05, 4.69) is 4.18 Å². The van der Waals surface area contributed by atoms with Crippen molar-refractivity contribution in [2.75, 3.05) is 0 Å². The standard InChI is InChI=1S/C11H7F6NO3S/c1-6-2-7(10(12,13)14)3-9(11(15,16)17)8(6)4-22(19,20)21-5-18/h2-3H,4H2,1H3. The van der Waals surface area contributed by atoms with Crippen LogP contribution < -0.4 is 0 Å². The zero-order valence-corrected chi connectivity index (χ0v) is 11.5. The maximum absolute atomic E-state index is 12.9. The minimum atomic E-state index is -5.20. The highest BCUT2D eigenvalue weighted by molar-refractivity contribution is 7.86. The summed E-state index contributed by atoms with van der Waals surface area (Å²) >= 11 is 0. The van der Waals surface area contributed by atoms with Crippen LogP contribution in [0, 0.1) is 18.4 Å². The van der Waals surface area contributed by atoms with Gasteiger partial charge in [0, 0.05) is 0 Å². The molecule has 4 nitrogen and oxygen atoms in total. The summed E-state index contributed by atoms with van der Waals surface area (Å²) in [5.74, 6) is -1.38. The average Bonchev–Trinajstić information content (AvgIpc) is 2.28. The Bertz CT molecular complexity index is 715. The maximum atomic E-state index is 12.9. The number of benzene rings is 1. The van der Waals surface area contributed by atoms with Crippen molar-refractivity contribution < 1.29 is 38.9 Å². The van der Waals surface area contributed by atoms with E-state index in [4.69, 9.17) is 5.26 Å². The van der Waals surface area contributed by atoms with Gasteiger partial charge in [0.05, 0.1) is 11.1 Å². The molecule has 0 aliphatic heterocycles. The molecular formula is C11H7F6NO3S. The first-order valence-electron chi connectivity index (χ1n) is 5.36. The fraction of sp³-hybridized carbons (Fsp3) is 0.364. The van der Waals surface area contributed by atoms with Crippen molar-refractivity contribution in [3.63, 3.8) is 0 Å². The summed E-state index contributed by atoms with van der Waals surface area (Å²) in [4.78, 5) is 0. The number of nitrogens with zero attached hydrogens (tertiary/aromatic N) is 1. The molecule has 1 aromatic rings. The zero-order valence-electron chi connectivity index (χ0n) is 10.7. The monoisotopic (exact) mass is 347 g/mol. The lowest BCUT2D eigenvalue weighted by atomic mass is 9.99. The lowest BCUT2D eigenvalue weighted by molar-refractivity contribution is -0.143. The molecule has 0 aromatic heterocycles. The minimum absolute atomic E-state index is 0.176. The van der Waals surface area contributed by atoms with E-state index >= 15 is 0 Å². The molecule has 0 saturated carbocycles. The molecule has 0 amide bonds. The van der Waals surface area contributed by atoms with E-state index in [0.717, 1.165) is 13.2 Å². The molecule has 0 aliphatic rings. The van der Waals surface area contributed by atoms with Crippen LogP contribution in [0.2, 0.25) is 0 Å². The lowest BCUT2D eigenvalue weighted by Crippen LogP contribution is -2.17. The van der Waals surface area contributed by atoms with E-state index in [1.165, 1.54) is 0 Å². The maximum Gasteiger partial charge on any atom is 0.416 e. The van der Waals surface area contributed by atoms with Crippen molar-refractivity contribution in [3.05, 3.63) is 34.4 Å². The average molecular weight is 347 g/mol. The van der Waals surface area contributed by atoms with Gasteiger partial charge in [0.2, 0.25) is 0 Å². The third-order valence-corrected chi connectivity index (χ3v) is 3.56. The van der Waals surface area contributed by atoms with E-state index in [0.29, 0.717) is 6.07 Å². The fourth-order valence-corrected chi connectivity index (χ4v) is 2.60. The van der Waals surface area contributed by atoms with E-state index in [1.807, 2.05) is 0 Å². The largest absolute Gasteiger partial charge is 0.416 e. The van der Waals surface area contributed by atoms with Crippen molar-refractivity contribution in [1.29, 1.82) is 5.26 Å². The summed E-state index contributed by atoms with van der Waals surface area (Å²) in [6, 6.07) is 0.219. The van der Waals surface area contributed by atoms with Crippen LogP contribution >= 0.6 is 0 Å². The summed E-state index contributed by atoms with van der Waals surface area (Å²) in [5.41, 5.74) is -4.74. The molecule has 0 spiro atoms. The van der Waals surface area contributed by atoms with E-state index in [9.17, 15) is 34.8 Å². The van der Waals surface area contributed by atoms with E-state index < -0.39 is 50.5 Å². The minimum Gasteiger partial charge on any atom is -0.302 e. The van der Waals surface area contributed by atoms with Gasteiger partial charge in [0.15, 0.2) is 0 Å². The molecule has 0 heterocycles. The van der Waals surface area contributed by atoms with E-state index in [1.54, 1.807) is 0 Å². The van der Waals surface area contributed by atoms with Crippen LogP contribution in [0.3, 0.4) is 0 Å². The Morgan fingerprint density at radius 2 is 1.68 bits per heavy atom.